The minimum absolute atomic E-state index is 0.0224. The molecule has 2 N–H and O–H groups in total. The lowest BCUT2D eigenvalue weighted by molar-refractivity contribution is -0.157. The fraction of sp³-hybridized carbons (Fsp3) is 0.571. The molecule has 1 unspecified atom stereocenters. The molecule has 0 radical (unpaired) electrons. The van der Waals surface area contributed by atoms with Crippen molar-refractivity contribution in [2.24, 2.45) is 0 Å². The number of benzene rings is 1. The van der Waals surface area contributed by atoms with Gasteiger partial charge in [-0.25, -0.2) is 4.79 Å². The van der Waals surface area contributed by atoms with Gasteiger partial charge in [0, 0.05) is 5.41 Å². The zero-order valence-electron chi connectivity index (χ0n) is 15.1. The number of carbonyl (C=O) groups is 1. The summed E-state index contributed by atoms with van der Waals surface area (Å²) in [6.45, 7) is 3.63. The lowest BCUT2D eigenvalue weighted by Gasteiger charge is -2.40. The highest BCUT2D eigenvalue weighted by Gasteiger charge is 2.44. The van der Waals surface area contributed by atoms with E-state index in [2.05, 4.69) is 24.1 Å². The molecule has 1 saturated carbocycles. The van der Waals surface area contributed by atoms with Gasteiger partial charge in [0.15, 0.2) is 12.7 Å². The van der Waals surface area contributed by atoms with Crippen molar-refractivity contribution in [1.82, 2.24) is 5.32 Å². The molecule has 0 heterocycles. The van der Waals surface area contributed by atoms with Crippen molar-refractivity contribution < 1.29 is 14.6 Å². The van der Waals surface area contributed by atoms with E-state index in [1.807, 2.05) is 30.3 Å². The van der Waals surface area contributed by atoms with Gasteiger partial charge in [0.25, 0.3) is 0 Å². The SMILES string of the molecule is CCCNCC#CCOC(=O)C(O)C1(c2ccccc2)CCCCC1. The van der Waals surface area contributed by atoms with Crippen molar-refractivity contribution in [2.75, 3.05) is 19.7 Å². The summed E-state index contributed by atoms with van der Waals surface area (Å²) in [6.07, 6.45) is 4.70. The zero-order chi connectivity index (χ0) is 18.0. The number of aliphatic hydroxyl groups is 1. The van der Waals surface area contributed by atoms with E-state index in [0.717, 1.165) is 50.6 Å². The Morgan fingerprint density at radius 1 is 1.24 bits per heavy atom. The molecule has 0 saturated heterocycles. The molecule has 1 fully saturated rings. The highest BCUT2D eigenvalue weighted by molar-refractivity contribution is 5.77. The minimum atomic E-state index is -1.14. The number of esters is 1. The van der Waals surface area contributed by atoms with E-state index in [1.165, 1.54) is 0 Å². The maximum atomic E-state index is 12.4. The molecule has 136 valence electrons. The summed E-state index contributed by atoms with van der Waals surface area (Å²) < 4.78 is 5.22. The van der Waals surface area contributed by atoms with Crippen LogP contribution in [0.5, 0.6) is 0 Å². The zero-order valence-corrected chi connectivity index (χ0v) is 15.1. The van der Waals surface area contributed by atoms with E-state index < -0.39 is 17.5 Å². The summed E-state index contributed by atoms with van der Waals surface area (Å²) in [4.78, 5) is 12.4. The molecule has 1 atom stereocenters. The molecule has 2 rings (SSSR count). The number of nitrogens with one attached hydrogen (secondary N) is 1. The molecule has 0 bridgehead atoms. The van der Waals surface area contributed by atoms with Crippen LogP contribution in [-0.2, 0) is 14.9 Å². The van der Waals surface area contributed by atoms with Gasteiger partial charge in [-0.3, -0.25) is 0 Å². The van der Waals surface area contributed by atoms with Crippen LogP contribution in [0.3, 0.4) is 0 Å². The van der Waals surface area contributed by atoms with Gasteiger partial charge in [0.1, 0.15) is 0 Å². The first-order valence-corrected chi connectivity index (χ1v) is 9.27. The summed E-state index contributed by atoms with van der Waals surface area (Å²) >= 11 is 0. The van der Waals surface area contributed by atoms with Crippen LogP contribution in [0.1, 0.15) is 51.0 Å². The quantitative estimate of drug-likeness (QED) is 0.454. The number of hydrogen-bond donors (Lipinski definition) is 2. The van der Waals surface area contributed by atoms with Crippen molar-refractivity contribution in [2.45, 2.75) is 57.0 Å². The highest BCUT2D eigenvalue weighted by Crippen LogP contribution is 2.42. The molecule has 1 aromatic carbocycles. The monoisotopic (exact) mass is 343 g/mol. The number of aliphatic hydroxyl groups excluding tert-OH is 1. The number of hydrogen-bond acceptors (Lipinski definition) is 4. The second kappa shape index (κ2) is 10.2. The van der Waals surface area contributed by atoms with Crippen molar-refractivity contribution in [3.05, 3.63) is 35.9 Å². The first-order chi connectivity index (χ1) is 12.2. The Kier molecular flexibility index (Phi) is 7.97. The lowest BCUT2D eigenvalue weighted by atomic mass is 9.66. The second-order valence-electron chi connectivity index (χ2n) is 6.62. The molecule has 1 aromatic rings. The summed E-state index contributed by atoms with van der Waals surface area (Å²) in [5.41, 5.74) is 0.487. The van der Waals surface area contributed by atoms with E-state index in [1.54, 1.807) is 0 Å². The Labute approximate surface area is 151 Å². The average molecular weight is 343 g/mol. The Bertz CT molecular complexity index is 582. The Balaban J connectivity index is 1.97. The third-order valence-corrected chi connectivity index (χ3v) is 4.89. The molecule has 0 aromatic heterocycles. The Hall–Kier alpha value is -1.83. The molecular formula is C21H29NO3. The first-order valence-electron chi connectivity index (χ1n) is 9.27. The van der Waals surface area contributed by atoms with Crippen LogP contribution in [0.15, 0.2) is 30.3 Å². The van der Waals surface area contributed by atoms with Gasteiger partial charge in [0.05, 0.1) is 6.54 Å². The highest BCUT2D eigenvalue weighted by atomic mass is 16.5. The van der Waals surface area contributed by atoms with Crippen LogP contribution >= 0.6 is 0 Å². The Morgan fingerprint density at radius 2 is 1.96 bits per heavy atom. The van der Waals surface area contributed by atoms with Crippen LogP contribution in [0.25, 0.3) is 0 Å². The van der Waals surface area contributed by atoms with E-state index in [0.29, 0.717) is 6.54 Å². The second-order valence-corrected chi connectivity index (χ2v) is 6.62. The smallest absolute Gasteiger partial charge is 0.336 e. The molecule has 25 heavy (non-hydrogen) atoms. The number of rotatable bonds is 7. The molecule has 1 aliphatic rings. The van der Waals surface area contributed by atoms with Crippen molar-refractivity contribution in [1.29, 1.82) is 0 Å². The van der Waals surface area contributed by atoms with Gasteiger partial charge >= 0.3 is 5.97 Å². The van der Waals surface area contributed by atoms with Crippen LogP contribution < -0.4 is 5.32 Å². The third-order valence-electron chi connectivity index (χ3n) is 4.89. The van der Waals surface area contributed by atoms with Crippen molar-refractivity contribution in [3.63, 3.8) is 0 Å². The van der Waals surface area contributed by atoms with E-state index >= 15 is 0 Å². The van der Waals surface area contributed by atoms with Gasteiger partial charge in [-0.2, -0.15) is 0 Å². The first kappa shape index (κ1) is 19.5. The maximum absolute atomic E-state index is 12.4. The summed E-state index contributed by atoms with van der Waals surface area (Å²) in [5.74, 6) is 5.17. The number of ether oxygens (including phenoxy) is 1. The molecule has 0 amide bonds. The predicted molar refractivity (Wildman–Crippen MR) is 99.1 cm³/mol. The largest absolute Gasteiger partial charge is 0.451 e. The van der Waals surface area contributed by atoms with Crippen LogP contribution in [-0.4, -0.2) is 36.9 Å². The molecule has 0 aliphatic heterocycles. The van der Waals surface area contributed by atoms with E-state index in [4.69, 9.17) is 4.74 Å². The Morgan fingerprint density at radius 3 is 2.64 bits per heavy atom. The average Bonchev–Trinajstić information content (AvgIpc) is 2.67. The normalized spacial score (nSPS) is 17.2. The third kappa shape index (κ3) is 5.32. The maximum Gasteiger partial charge on any atom is 0.336 e. The number of carbonyl (C=O) groups excluding carboxylic acids is 1. The van der Waals surface area contributed by atoms with Crippen molar-refractivity contribution in [3.8, 4) is 11.8 Å². The minimum Gasteiger partial charge on any atom is -0.451 e. The molecule has 1 aliphatic carbocycles. The van der Waals surface area contributed by atoms with Crippen LogP contribution in [0.2, 0.25) is 0 Å². The fourth-order valence-electron chi connectivity index (χ4n) is 3.53. The van der Waals surface area contributed by atoms with Crippen LogP contribution in [0.4, 0.5) is 0 Å². The van der Waals surface area contributed by atoms with Gasteiger partial charge < -0.3 is 15.2 Å². The molecular weight excluding hydrogens is 314 g/mol. The molecule has 4 nitrogen and oxygen atoms in total. The van der Waals surface area contributed by atoms with E-state index in [-0.39, 0.29) is 6.61 Å². The van der Waals surface area contributed by atoms with Crippen molar-refractivity contribution >= 4 is 5.97 Å². The lowest BCUT2D eigenvalue weighted by Crippen LogP contribution is -2.46. The van der Waals surface area contributed by atoms with Gasteiger partial charge in [-0.05, 0) is 31.4 Å². The van der Waals surface area contributed by atoms with Gasteiger partial charge in [-0.15, -0.1) is 0 Å². The standard InChI is InChI=1S/C21H29NO3/c1-2-15-22-16-9-10-17-25-20(24)19(23)21(13-7-4-8-14-21)18-11-5-3-6-12-18/h3,5-6,11-12,19,22-23H,2,4,7-8,13-17H2,1H3. The molecule has 4 heteroatoms. The molecule has 0 spiro atoms. The fourth-order valence-corrected chi connectivity index (χ4v) is 3.53. The summed E-state index contributed by atoms with van der Waals surface area (Å²) in [5, 5.41) is 13.9. The van der Waals surface area contributed by atoms with Gasteiger partial charge in [0.2, 0.25) is 0 Å². The summed E-state index contributed by atoms with van der Waals surface area (Å²) in [6, 6.07) is 9.87. The summed E-state index contributed by atoms with van der Waals surface area (Å²) in [7, 11) is 0. The predicted octanol–water partition coefficient (Wildman–Crippen LogP) is 2.80. The van der Waals surface area contributed by atoms with E-state index in [9.17, 15) is 9.90 Å². The van der Waals surface area contributed by atoms with Gasteiger partial charge in [-0.1, -0.05) is 68.4 Å². The topological polar surface area (TPSA) is 58.6 Å². The van der Waals surface area contributed by atoms with Crippen LogP contribution in [0, 0.1) is 11.8 Å².